The Morgan fingerprint density at radius 1 is 0.860 bits per heavy atom. The molecule has 0 radical (unpaired) electrons. The number of rotatable bonds is 7. The number of hydrogen-bond acceptors (Lipinski definition) is 15. The third-order valence-corrected chi connectivity index (χ3v) is 7.43. The topological polar surface area (TPSA) is 238 Å². The van der Waals surface area contributed by atoms with Gasteiger partial charge in [-0.3, -0.25) is 4.79 Å². The van der Waals surface area contributed by atoms with Crippen molar-refractivity contribution in [2.75, 3.05) is 13.7 Å². The highest BCUT2D eigenvalue weighted by atomic mass is 16.8. The molecule has 3 aromatic rings. The van der Waals surface area contributed by atoms with Crippen LogP contribution >= 0.6 is 0 Å². The highest BCUT2D eigenvalue weighted by Crippen LogP contribution is 2.38. The Balaban J connectivity index is 1.61. The minimum Gasteiger partial charge on any atom is -0.508 e. The van der Waals surface area contributed by atoms with E-state index in [0.29, 0.717) is 0 Å². The van der Waals surface area contributed by atoms with Crippen molar-refractivity contribution in [3.05, 3.63) is 46.6 Å². The summed E-state index contributed by atoms with van der Waals surface area (Å²) < 4.78 is 33.9. The second-order valence-electron chi connectivity index (χ2n) is 10.3. The highest BCUT2D eigenvalue weighted by molar-refractivity contribution is 5.88. The van der Waals surface area contributed by atoms with E-state index in [0.717, 1.165) is 0 Å². The third kappa shape index (κ3) is 5.74. The van der Waals surface area contributed by atoms with Crippen LogP contribution in [0.3, 0.4) is 0 Å². The molecule has 15 nitrogen and oxygen atoms in total. The van der Waals surface area contributed by atoms with Gasteiger partial charge in [0, 0.05) is 17.7 Å². The van der Waals surface area contributed by atoms with Gasteiger partial charge in [0.25, 0.3) is 0 Å². The lowest BCUT2D eigenvalue weighted by molar-refractivity contribution is -0.354. The quantitative estimate of drug-likeness (QED) is 0.159. The van der Waals surface area contributed by atoms with Crippen molar-refractivity contribution in [3.8, 4) is 34.3 Å². The summed E-state index contributed by atoms with van der Waals surface area (Å²) >= 11 is 0. The van der Waals surface area contributed by atoms with Crippen molar-refractivity contribution >= 4 is 11.0 Å². The van der Waals surface area contributed by atoms with Gasteiger partial charge in [-0.05, 0) is 31.2 Å². The van der Waals surface area contributed by atoms with Gasteiger partial charge < -0.3 is 69.0 Å². The van der Waals surface area contributed by atoms with Crippen molar-refractivity contribution in [2.24, 2.45) is 0 Å². The zero-order valence-corrected chi connectivity index (χ0v) is 22.9. The predicted molar refractivity (Wildman–Crippen MR) is 143 cm³/mol. The molecular weight excluding hydrogens is 576 g/mol. The Labute approximate surface area is 243 Å². The van der Waals surface area contributed by atoms with Crippen LogP contribution in [0.5, 0.6) is 23.0 Å². The molecule has 0 amide bonds. The molecule has 2 aliphatic heterocycles. The highest BCUT2D eigenvalue weighted by Gasteiger charge is 2.51. The third-order valence-electron chi connectivity index (χ3n) is 7.43. The molecule has 0 unspecified atom stereocenters. The van der Waals surface area contributed by atoms with Crippen LogP contribution in [0.15, 0.2) is 45.6 Å². The Morgan fingerprint density at radius 3 is 2.21 bits per heavy atom. The lowest BCUT2D eigenvalue weighted by atomic mass is 9.97. The number of aromatic hydroxyl groups is 2. The van der Waals surface area contributed by atoms with E-state index in [9.17, 15) is 45.6 Å². The van der Waals surface area contributed by atoms with Crippen LogP contribution < -0.4 is 14.9 Å². The number of aliphatic hydroxyl groups excluding tert-OH is 6. The van der Waals surface area contributed by atoms with Gasteiger partial charge in [-0.15, -0.1) is 0 Å². The fourth-order valence-corrected chi connectivity index (χ4v) is 4.98. The molecule has 0 spiro atoms. The summed E-state index contributed by atoms with van der Waals surface area (Å²) in [6.45, 7) is 0.618. The largest absolute Gasteiger partial charge is 0.508 e. The molecule has 0 saturated carbocycles. The van der Waals surface area contributed by atoms with Gasteiger partial charge in [-0.1, -0.05) is 0 Å². The first-order valence-electron chi connectivity index (χ1n) is 13.3. The summed E-state index contributed by atoms with van der Waals surface area (Å²) in [7, 11) is 1.35. The van der Waals surface area contributed by atoms with Gasteiger partial charge in [0.1, 0.15) is 64.8 Å². The summed E-state index contributed by atoms with van der Waals surface area (Å²) in [4.78, 5) is 13.8. The number of hydrogen-bond donors (Lipinski definition) is 8. The van der Waals surface area contributed by atoms with Crippen LogP contribution in [-0.4, -0.2) is 116 Å². The number of methoxy groups -OCH3 is 1. The van der Waals surface area contributed by atoms with Crippen LogP contribution in [0, 0.1) is 0 Å². The number of fused-ring (bicyclic) bond motifs is 1. The Hall–Kier alpha value is -3.51. The number of aliphatic hydroxyl groups is 6. The molecule has 2 saturated heterocycles. The molecule has 1 aromatic heterocycles. The Bertz CT molecular complexity index is 1490. The normalized spacial score (nSPS) is 32.9. The zero-order valence-electron chi connectivity index (χ0n) is 22.9. The molecule has 8 N–H and O–H groups in total. The van der Waals surface area contributed by atoms with E-state index >= 15 is 0 Å². The van der Waals surface area contributed by atoms with Gasteiger partial charge in [-0.25, -0.2) is 0 Å². The molecule has 43 heavy (non-hydrogen) atoms. The summed E-state index contributed by atoms with van der Waals surface area (Å²) in [5.41, 5.74) is -0.744. The van der Waals surface area contributed by atoms with Crippen LogP contribution in [0.25, 0.3) is 22.3 Å². The second-order valence-corrected chi connectivity index (χ2v) is 10.3. The van der Waals surface area contributed by atoms with E-state index in [1.165, 1.54) is 50.4 Å². The fraction of sp³-hybridized carbons (Fsp3) is 0.464. The summed E-state index contributed by atoms with van der Waals surface area (Å²) in [5, 5.41) is 82.2. The molecule has 0 aliphatic carbocycles. The number of benzene rings is 2. The van der Waals surface area contributed by atoms with Crippen LogP contribution in [0.1, 0.15) is 6.92 Å². The van der Waals surface area contributed by atoms with E-state index < -0.39 is 84.9 Å². The number of phenols is 2. The van der Waals surface area contributed by atoms with Crippen molar-refractivity contribution < 1.29 is 69.0 Å². The van der Waals surface area contributed by atoms with Gasteiger partial charge in [0.15, 0.2) is 18.2 Å². The average Bonchev–Trinajstić information content (AvgIpc) is 2.99. The first kappa shape index (κ1) is 30.9. The monoisotopic (exact) mass is 608 g/mol. The lowest BCUT2D eigenvalue weighted by Gasteiger charge is -2.45. The smallest absolute Gasteiger partial charge is 0.239 e. The van der Waals surface area contributed by atoms with Crippen molar-refractivity contribution in [3.63, 3.8) is 0 Å². The zero-order chi connectivity index (χ0) is 31.2. The SMILES string of the molecule is COc1cc(O)c2c(=O)c(O[C@@H]3O[C@H](CO)[C@H](O)[C@H](O)[C@H]3O[C@@H]3O[C@@H](C)[C@H](O)[C@@H](O)[C@H]3O)c(-c3ccc(O)cc3)oc2c1. The summed E-state index contributed by atoms with van der Waals surface area (Å²) in [5.74, 6) is -1.17. The number of phenolic OH excluding ortho intramolecular Hbond substituents is 2. The van der Waals surface area contributed by atoms with E-state index in [1.54, 1.807) is 0 Å². The van der Waals surface area contributed by atoms with Crippen LogP contribution in [-0.2, 0) is 14.2 Å². The van der Waals surface area contributed by atoms with Crippen LogP contribution in [0.4, 0.5) is 0 Å². The first-order valence-corrected chi connectivity index (χ1v) is 13.3. The molecule has 0 bridgehead atoms. The molecule has 2 fully saturated rings. The summed E-state index contributed by atoms with van der Waals surface area (Å²) in [6.07, 6.45) is -16.2. The van der Waals surface area contributed by atoms with Gasteiger partial charge >= 0.3 is 0 Å². The maximum Gasteiger partial charge on any atom is 0.239 e. The molecule has 2 aromatic carbocycles. The van der Waals surface area contributed by atoms with Gasteiger partial charge in [-0.2, -0.15) is 0 Å². The lowest BCUT2D eigenvalue weighted by Crippen LogP contribution is -2.64. The predicted octanol–water partition coefficient (Wildman–Crippen LogP) is -1.09. The summed E-state index contributed by atoms with van der Waals surface area (Å²) in [6, 6.07) is 8.00. The van der Waals surface area contributed by atoms with Crippen molar-refractivity contribution in [1.82, 2.24) is 0 Å². The van der Waals surface area contributed by atoms with E-state index in [2.05, 4.69) is 0 Å². The first-order chi connectivity index (χ1) is 20.4. The van der Waals surface area contributed by atoms with E-state index in [-0.39, 0.29) is 33.8 Å². The minimum atomic E-state index is -1.85. The van der Waals surface area contributed by atoms with Crippen molar-refractivity contribution in [2.45, 2.75) is 68.3 Å². The average molecular weight is 609 g/mol. The van der Waals surface area contributed by atoms with E-state index in [4.69, 9.17) is 28.1 Å². The van der Waals surface area contributed by atoms with Crippen LogP contribution in [0.2, 0.25) is 0 Å². The second kappa shape index (κ2) is 12.2. The molecule has 10 atom stereocenters. The molecular formula is C28H32O15. The standard InChI is InChI=1S/C28H32O15/c1-10-18(32)21(35)23(37)27(39-10)43-26-22(36)19(33)16(9-29)41-28(26)42-25-20(34)17-14(31)7-13(38-2)8-15(17)40-24(25)11-3-5-12(30)6-4-11/h3-8,10,16,18-19,21-23,26-33,35-37H,9H2,1-2H3/t10-,16+,18-,19-,21+,22-,23+,26+,27-,28-/m0/s1. The Kier molecular flexibility index (Phi) is 8.80. The number of ether oxygens (including phenoxy) is 5. The molecule has 5 rings (SSSR count). The van der Waals surface area contributed by atoms with Gasteiger partial charge in [0.05, 0.1) is 19.8 Å². The van der Waals surface area contributed by atoms with E-state index in [1.807, 2.05) is 0 Å². The fourth-order valence-electron chi connectivity index (χ4n) is 4.98. The molecule has 2 aliphatic rings. The van der Waals surface area contributed by atoms with Gasteiger partial charge in [0.2, 0.25) is 17.5 Å². The maximum atomic E-state index is 13.8. The molecule has 15 heteroatoms. The Morgan fingerprint density at radius 2 is 1.56 bits per heavy atom. The maximum absolute atomic E-state index is 13.8. The molecule has 234 valence electrons. The van der Waals surface area contributed by atoms with Crippen molar-refractivity contribution in [1.29, 1.82) is 0 Å². The minimum absolute atomic E-state index is 0.0846. The molecule has 3 heterocycles.